The van der Waals surface area contributed by atoms with Crippen LogP contribution in [0.3, 0.4) is 0 Å². The standard InChI is InChI=1S/C21H31F3N2O2S/c1-3-4-5-6-7-8-11-28-17-10-9-15(12-16(17)21(22,23)24)18-13-26-19(29-18)20(2,25)14-27/h9-10,12,18,27H,3-8,11,13-14,25H2,1-2H3/t18?,20-/m0/s1. The second-order valence-electron chi connectivity index (χ2n) is 7.70. The second-order valence-corrected chi connectivity index (χ2v) is 8.89. The number of hydrogen-bond donors (Lipinski definition) is 2. The molecule has 0 bridgehead atoms. The van der Waals surface area contributed by atoms with Gasteiger partial charge < -0.3 is 15.6 Å². The third-order valence-corrected chi connectivity index (χ3v) is 6.43. The van der Waals surface area contributed by atoms with Crippen molar-refractivity contribution in [1.82, 2.24) is 0 Å². The summed E-state index contributed by atoms with van der Waals surface area (Å²) in [6.45, 7) is 4.14. The average Bonchev–Trinajstić information content (AvgIpc) is 3.18. The number of benzene rings is 1. The van der Waals surface area contributed by atoms with E-state index in [1.807, 2.05) is 0 Å². The van der Waals surface area contributed by atoms with Gasteiger partial charge in [0.25, 0.3) is 0 Å². The molecule has 1 aromatic carbocycles. The zero-order chi connectivity index (χ0) is 21.5. The van der Waals surface area contributed by atoms with E-state index in [-0.39, 0.29) is 24.2 Å². The molecule has 1 heterocycles. The number of aliphatic hydroxyl groups is 1. The molecule has 1 aliphatic rings. The Balaban J connectivity index is 2.01. The maximum absolute atomic E-state index is 13.6. The molecular formula is C21H31F3N2O2S. The lowest BCUT2D eigenvalue weighted by atomic mass is 10.1. The Morgan fingerprint density at radius 2 is 1.90 bits per heavy atom. The van der Waals surface area contributed by atoms with Crippen molar-refractivity contribution in [3.8, 4) is 5.75 Å². The van der Waals surface area contributed by atoms with Crippen molar-refractivity contribution in [3.05, 3.63) is 29.3 Å². The third-order valence-electron chi connectivity index (χ3n) is 4.91. The van der Waals surface area contributed by atoms with Crippen molar-refractivity contribution >= 4 is 16.8 Å². The van der Waals surface area contributed by atoms with Gasteiger partial charge >= 0.3 is 6.18 Å². The van der Waals surface area contributed by atoms with E-state index >= 15 is 0 Å². The van der Waals surface area contributed by atoms with Crippen LogP contribution in [0.25, 0.3) is 0 Å². The number of alkyl halides is 3. The van der Waals surface area contributed by atoms with E-state index < -0.39 is 17.3 Å². The molecule has 2 atom stereocenters. The Labute approximate surface area is 175 Å². The van der Waals surface area contributed by atoms with E-state index in [9.17, 15) is 18.3 Å². The molecule has 0 fully saturated rings. The number of halogens is 3. The van der Waals surface area contributed by atoms with Crippen LogP contribution in [-0.2, 0) is 6.18 Å². The molecule has 3 N–H and O–H groups in total. The minimum Gasteiger partial charge on any atom is -0.493 e. The van der Waals surface area contributed by atoms with Crippen LogP contribution in [0.2, 0.25) is 0 Å². The van der Waals surface area contributed by atoms with Crippen LogP contribution < -0.4 is 10.5 Å². The van der Waals surface area contributed by atoms with Crippen LogP contribution >= 0.6 is 11.8 Å². The van der Waals surface area contributed by atoms with Gasteiger partial charge in [-0.05, 0) is 31.0 Å². The maximum atomic E-state index is 13.6. The lowest BCUT2D eigenvalue weighted by molar-refractivity contribution is -0.139. The third kappa shape index (κ3) is 6.89. The summed E-state index contributed by atoms with van der Waals surface area (Å²) in [6.07, 6.45) is 1.79. The van der Waals surface area contributed by atoms with Crippen LogP contribution in [-0.4, -0.2) is 35.4 Å². The highest BCUT2D eigenvalue weighted by Crippen LogP contribution is 2.43. The Kier molecular flexibility index (Phi) is 8.85. The Hall–Kier alpha value is -1.25. The first kappa shape index (κ1) is 24.0. The number of aliphatic imine (C=N–C) groups is 1. The highest BCUT2D eigenvalue weighted by molar-refractivity contribution is 8.14. The van der Waals surface area contributed by atoms with Crippen LogP contribution in [0, 0.1) is 0 Å². The van der Waals surface area contributed by atoms with Gasteiger partial charge in [-0.2, -0.15) is 13.2 Å². The van der Waals surface area contributed by atoms with Gasteiger partial charge in [-0.25, -0.2) is 0 Å². The zero-order valence-electron chi connectivity index (χ0n) is 17.1. The van der Waals surface area contributed by atoms with E-state index in [1.54, 1.807) is 13.0 Å². The van der Waals surface area contributed by atoms with E-state index in [0.717, 1.165) is 38.2 Å². The smallest absolute Gasteiger partial charge is 0.419 e. The minimum absolute atomic E-state index is 0.127. The number of aliphatic hydroxyl groups excluding tert-OH is 1. The highest BCUT2D eigenvalue weighted by atomic mass is 32.2. The van der Waals surface area contributed by atoms with Crippen molar-refractivity contribution in [2.75, 3.05) is 19.8 Å². The van der Waals surface area contributed by atoms with Gasteiger partial charge in [0.2, 0.25) is 0 Å². The SMILES string of the molecule is CCCCCCCCOc1ccc(C2CN=C([C@@](C)(N)CO)S2)cc1C(F)(F)F. The maximum Gasteiger partial charge on any atom is 0.419 e. The topological polar surface area (TPSA) is 67.8 Å². The fourth-order valence-electron chi connectivity index (χ4n) is 3.09. The van der Waals surface area contributed by atoms with Gasteiger partial charge in [0.15, 0.2) is 0 Å². The summed E-state index contributed by atoms with van der Waals surface area (Å²) in [6, 6.07) is 4.22. The molecule has 0 aromatic heterocycles. The summed E-state index contributed by atoms with van der Waals surface area (Å²) in [5, 5.41) is 9.68. The van der Waals surface area contributed by atoms with Gasteiger partial charge in [-0.15, -0.1) is 0 Å². The van der Waals surface area contributed by atoms with E-state index in [0.29, 0.717) is 17.2 Å². The predicted octanol–water partition coefficient (Wildman–Crippen LogP) is 5.34. The quantitative estimate of drug-likeness (QED) is 0.463. The van der Waals surface area contributed by atoms with Crippen LogP contribution in [0.5, 0.6) is 5.75 Å². The number of hydrogen-bond acceptors (Lipinski definition) is 5. The zero-order valence-corrected chi connectivity index (χ0v) is 17.9. The molecule has 164 valence electrons. The molecule has 1 aromatic rings. The molecule has 4 nitrogen and oxygen atoms in total. The molecule has 1 unspecified atom stereocenters. The summed E-state index contributed by atoms with van der Waals surface area (Å²) >= 11 is 1.31. The fourth-order valence-corrected chi connectivity index (χ4v) is 4.28. The fraction of sp³-hybridized carbons (Fsp3) is 0.667. The Bertz CT molecular complexity index is 693. The van der Waals surface area contributed by atoms with Crippen LogP contribution in [0.15, 0.2) is 23.2 Å². The second kappa shape index (κ2) is 10.7. The molecule has 2 rings (SSSR count). The molecule has 0 radical (unpaired) electrons. The summed E-state index contributed by atoms with van der Waals surface area (Å²) in [5.41, 5.74) is 4.78. The Morgan fingerprint density at radius 3 is 2.55 bits per heavy atom. The Morgan fingerprint density at radius 1 is 1.21 bits per heavy atom. The molecule has 0 saturated carbocycles. The van der Waals surface area contributed by atoms with Gasteiger partial charge in [0.05, 0.1) is 41.2 Å². The van der Waals surface area contributed by atoms with E-state index in [2.05, 4.69) is 11.9 Å². The highest BCUT2D eigenvalue weighted by Gasteiger charge is 2.37. The van der Waals surface area contributed by atoms with Crippen LogP contribution in [0.4, 0.5) is 13.2 Å². The number of rotatable bonds is 11. The summed E-state index contributed by atoms with van der Waals surface area (Å²) in [7, 11) is 0. The van der Waals surface area contributed by atoms with Gasteiger partial charge in [-0.3, -0.25) is 4.99 Å². The summed E-state index contributed by atoms with van der Waals surface area (Å²) < 4.78 is 46.2. The lowest BCUT2D eigenvalue weighted by Crippen LogP contribution is -2.46. The van der Waals surface area contributed by atoms with Crippen LogP contribution in [0.1, 0.15) is 68.7 Å². The number of nitrogens with zero attached hydrogens (tertiary/aromatic N) is 1. The number of unbranched alkanes of at least 4 members (excludes halogenated alkanes) is 5. The van der Waals surface area contributed by atoms with Crippen molar-refractivity contribution in [1.29, 1.82) is 0 Å². The van der Waals surface area contributed by atoms with Gasteiger partial charge in [0.1, 0.15) is 5.75 Å². The number of thioether (sulfide) groups is 1. The van der Waals surface area contributed by atoms with E-state index in [1.165, 1.54) is 24.2 Å². The lowest BCUT2D eigenvalue weighted by Gasteiger charge is -2.22. The van der Waals surface area contributed by atoms with E-state index in [4.69, 9.17) is 10.5 Å². The van der Waals surface area contributed by atoms with Gasteiger partial charge in [0, 0.05) is 0 Å². The van der Waals surface area contributed by atoms with Gasteiger partial charge in [-0.1, -0.05) is 56.9 Å². The molecule has 29 heavy (non-hydrogen) atoms. The minimum atomic E-state index is -4.49. The number of nitrogens with two attached hydrogens (primary N) is 1. The predicted molar refractivity (Wildman–Crippen MR) is 113 cm³/mol. The molecular weight excluding hydrogens is 401 g/mol. The summed E-state index contributed by atoms with van der Waals surface area (Å²) in [4.78, 5) is 4.32. The average molecular weight is 433 g/mol. The summed E-state index contributed by atoms with van der Waals surface area (Å²) in [5.74, 6) is -0.127. The molecule has 0 saturated heterocycles. The molecule has 1 aliphatic heterocycles. The first-order valence-corrected chi connectivity index (χ1v) is 11.0. The first-order valence-electron chi connectivity index (χ1n) is 10.1. The molecule has 8 heteroatoms. The monoisotopic (exact) mass is 432 g/mol. The molecule has 0 amide bonds. The number of ether oxygens (including phenoxy) is 1. The first-order chi connectivity index (χ1) is 13.7. The van der Waals surface area contributed by atoms with Crippen molar-refractivity contribution in [3.63, 3.8) is 0 Å². The van der Waals surface area contributed by atoms with Crippen molar-refractivity contribution in [2.45, 2.75) is 69.3 Å². The molecule has 0 aliphatic carbocycles. The van der Waals surface area contributed by atoms with Crippen molar-refractivity contribution in [2.24, 2.45) is 10.7 Å². The largest absolute Gasteiger partial charge is 0.493 e. The molecule has 0 spiro atoms. The van der Waals surface area contributed by atoms with Crippen molar-refractivity contribution < 1.29 is 23.0 Å². The normalized spacial score (nSPS) is 19.1.